The summed E-state index contributed by atoms with van der Waals surface area (Å²) in [6.45, 7) is 7.05. The molecule has 1 heterocycles. The summed E-state index contributed by atoms with van der Waals surface area (Å²) in [7, 11) is 0. The Balaban J connectivity index is 2.56. The minimum absolute atomic E-state index is 0.138. The van der Waals surface area contributed by atoms with Gasteiger partial charge in [0.25, 0.3) is 0 Å². The minimum atomic E-state index is -0.827. The lowest BCUT2D eigenvalue weighted by Crippen LogP contribution is -2.35. The van der Waals surface area contributed by atoms with Crippen LogP contribution in [0.2, 0.25) is 5.02 Å². The number of rotatable bonds is 1. The molecule has 0 saturated carbocycles. The number of anilines is 1. The molecular weight excluding hydrogens is 276 g/mol. The van der Waals surface area contributed by atoms with E-state index in [1.54, 1.807) is 37.8 Å². The molecule has 1 N–H and O–H groups in total. The highest BCUT2D eigenvalue weighted by molar-refractivity contribution is 6.33. The molecule has 0 spiro atoms. The first-order valence-electron chi connectivity index (χ1n) is 6.44. The number of aliphatic hydroxyl groups is 1. The first-order valence-corrected chi connectivity index (χ1v) is 6.82. The Bertz CT molecular complexity index is 619. The van der Waals surface area contributed by atoms with Gasteiger partial charge in [-0.2, -0.15) is 5.26 Å². The fourth-order valence-electron chi connectivity index (χ4n) is 2.72. The van der Waals surface area contributed by atoms with Gasteiger partial charge >= 0.3 is 0 Å². The van der Waals surface area contributed by atoms with Crippen molar-refractivity contribution in [2.24, 2.45) is 5.41 Å². The monoisotopic (exact) mass is 292 g/mol. The summed E-state index contributed by atoms with van der Waals surface area (Å²) < 4.78 is 0. The van der Waals surface area contributed by atoms with Crippen LogP contribution in [0.15, 0.2) is 12.1 Å². The second-order valence-corrected chi connectivity index (χ2v) is 6.14. The average molecular weight is 293 g/mol. The third-order valence-corrected chi connectivity index (χ3v) is 4.60. The zero-order chi connectivity index (χ0) is 15.2. The van der Waals surface area contributed by atoms with Crippen LogP contribution in [0.4, 0.5) is 5.69 Å². The molecule has 20 heavy (non-hydrogen) atoms. The number of nitrogens with zero attached hydrogens (tertiary/aromatic N) is 2. The van der Waals surface area contributed by atoms with Crippen molar-refractivity contribution < 1.29 is 9.90 Å². The quantitative estimate of drug-likeness (QED) is 0.865. The van der Waals surface area contributed by atoms with E-state index in [1.165, 1.54) is 0 Å². The van der Waals surface area contributed by atoms with Crippen LogP contribution in [0.1, 0.15) is 31.9 Å². The van der Waals surface area contributed by atoms with Crippen LogP contribution in [0.25, 0.3) is 0 Å². The largest absolute Gasteiger partial charge is 0.390 e. The summed E-state index contributed by atoms with van der Waals surface area (Å²) in [6.07, 6.45) is -0.746. The standard InChI is InChI=1S/C15H17ClN2O2/c1-8-11(6-5-10(7-17)12(8)16)18-9(2)13(19)15(3,4)14(18)20/h5-6,9,13,19H,1-4H3/t9-,13-/m0/s1. The molecule has 106 valence electrons. The molecule has 1 aliphatic rings. The fourth-order valence-corrected chi connectivity index (χ4v) is 2.92. The van der Waals surface area contributed by atoms with Gasteiger partial charge in [-0.15, -0.1) is 0 Å². The predicted molar refractivity (Wildman–Crippen MR) is 77.6 cm³/mol. The number of aliphatic hydroxyl groups excluding tert-OH is 1. The molecule has 0 aromatic heterocycles. The highest BCUT2D eigenvalue weighted by Crippen LogP contribution is 2.41. The van der Waals surface area contributed by atoms with E-state index in [0.29, 0.717) is 21.8 Å². The van der Waals surface area contributed by atoms with Gasteiger partial charge in [-0.1, -0.05) is 11.6 Å². The van der Waals surface area contributed by atoms with Crippen LogP contribution in [0, 0.1) is 23.7 Å². The first-order chi connectivity index (χ1) is 9.23. The molecule has 5 heteroatoms. The molecule has 1 aromatic carbocycles. The number of carbonyl (C=O) groups excluding carboxylic acids is 1. The maximum absolute atomic E-state index is 12.5. The van der Waals surface area contributed by atoms with Crippen molar-refractivity contribution in [1.29, 1.82) is 5.26 Å². The van der Waals surface area contributed by atoms with Crippen LogP contribution >= 0.6 is 11.6 Å². The highest BCUT2D eigenvalue weighted by Gasteiger charge is 2.52. The second kappa shape index (κ2) is 4.76. The van der Waals surface area contributed by atoms with Crippen molar-refractivity contribution in [2.45, 2.75) is 39.8 Å². The molecule has 1 fully saturated rings. The minimum Gasteiger partial charge on any atom is -0.390 e. The smallest absolute Gasteiger partial charge is 0.235 e. The number of hydrogen-bond donors (Lipinski definition) is 1. The number of nitriles is 1. The molecule has 2 atom stereocenters. The molecule has 0 aliphatic carbocycles. The van der Waals surface area contributed by atoms with Gasteiger partial charge in [0.05, 0.1) is 28.1 Å². The van der Waals surface area contributed by atoms with E-state index in [-0.39, 0.29) is 11.9 Å². The van der Waals surface area contributed by atoms with Gasteiger partial charge in [-0.25, -0.2) is 0 Å². The van der Waals surface area contributed by atoms with E-state index < -0.39 is 11.5 Å². The molecule has 1 amide bonds. The van der Waals surface area contributed by atoms with Crippen molar-refractivity contribution >= 4 is 23.2 Å². The van der Waals surface area contributed by atoms with Crippen LogP contribution < -0.4 is 4.90 Å². The maximum Gasteiger partial charge on any atom is 0.235 e. The summed E-state index contributed by atoms with van der Waals surface area (Å²) in [6, 6.07) is 4.99. The Morgan fingerprint density at radius 2 is 2.05 bits per heavy atom. The Hall–Kier alpha value is -1.57. The van der Waals surface area contributed by atoms with Crippen molar-refractivity contribution in [3.8, 4) is 6.07 Å². The molecule has 1 aliphatic heterocycles. The van der Waals surface area contributed by atoms with E-state index in [4.69, 9.17) is 16.9 Å². The molecule has 2 rings (SSSR count). The van der Waals surface area contributed by atoms with Crippen LogP contribution in [0.5, 0.6) is 0 Å². The molecule has 1 aromatic rings. The van der Waals surface area contributed by atoms with E-state index in [9.17, 15) is 9.90 Å². The lowest BCUT2D eigenvalue weighted by Gasteiger charge is -2.25. The van der Waals surface area contributed by atoms with Gasteiger partial charge in [-0.05, 0) is 45.4 Å². The maximum atomic E-state index is 12.5. The molecular formula is C15H17ClN2O2. The average Bonchev–Trinajstić information content (AvgIpc) is 2.55. The number of amides is 1. The van der Waals surface area contributed by atoms with Crippen molar-refractivity contribution in [3.05, 3.63) is 28.3 Å². The molecule has 4 nitrogen and oxygen atoms in total. The molecule has 0 radical (unpaired) electrons. The Labute approximate surface area is 123 Å². The molecule has 0 unspecified atom stereocenters. The Morgan fingerprint density at radius 3 is 2.50 bits per heavy atom. The van der Waals surface area contributed by atoms with Gasteiger partial charge in [0.2, 0.25) is 5.91 Å². The number of hydrogen-bond acceptors (Lipinski definition) is 3. The lowest BCUT2D eigenvalue weighted by molar-refractivity contribution is -0.126. The Kier molecular flexibility index (Phi) is 3.53. The van der Waals surface area contributed by atoms with Gasteiger partial charge in [0, 0.05) is 5.69 Å². The van der Waals surface area contributed by atoms with Crippen molar-refractivity contribution in [1.82, 2.24) is 0 Å². The van der Waals surface area contributed by atoms with E-state index in [1.807, 2.05) is 13.0 Å². The summed E-state index contributed by atoms with van der Waals surface area (Å²) in [5, 5.41) is 19.6. The lowest BCUT2D eigenvalue weighted by atomic mass is 9.87. The van der Waals surface area contributed by atoms with Gasteiger partial charge < -0.3 is 10.0 Å². The predicted octanol–water partition coefficient (Wildman–Crippen LogP) is 2.64. The zero-order valence-electron chi connectivity index (χ0n) is 11.9. The van der Waals surface area contributed by atoms with Crippen LogP contribution in [-0.4, -0.2) is 23.2 Å². The summed E-state index contributed by atoms with van der Waals surface area (Å²) in [5.74, 6) is -0.138. The summed E-state index contributed by atoms with van der Waals surface area (Å²) in [4.78, 5) is 14.1. The van der Waals surface area contributed by atoms with E-state index in [2.05, 4.69) is 0 Å². The van der Waals surface area contributed by atoms with Gasteiger partial charge in [-0.3, -0.25) is 4.79 Å². The van der Waals surface area contributed by atoms with Crippen molar-refractivity contribution in [2.75, 3.05) is 4.90 Å². The van der Waals surface area contributed by atoms with Crippen LogP contribution in [0.3, 0.4) is 0 Å². The first kappa shape index (κ1) is 14.8. The van der Waals surface area contributed by atoms with E-state index in [0.717, 1.165) is 0 Å². The van der Waals surface area contributed by atoms with Crippen LogP contribution in [-0.2, 0) is 4.79 Å². The topological polar surface area (TPSA) is 64.3 Å². The SMILES string of the molecule is Cc1c(N2C(=O)C(C)(C)[C@@H](O)[C@@H]2C)ccc(C#N)c1Cl. The summed E-state index contributed by atoms with van der Waals surface area (Å²) >= 11 is 6.16. The summed E-state index contributed by atoms with van der Waals surface area (Å²) in [5.41, 5.74) is 0.880. The highest BCUT2D eigenvalue weighted by atomic mass is 35.5. The van der Waals surface area contributed by atoms with E-state index >= 15 is 0 Å². The third kappa shape index (κ3) is 1.90. The van der Waals surface area contributed by atoms with Gasteiger partial charge in [0.1, 0.15) is 6.07 Å². The number of benzene rings is 1. The zero-order valence-corrected chi connectivity index (χ0v) is 12.7. The number of carbonyl (C=O) groups is 1. The normalized spacial score (nSPS) is 24.9. The third-order valence-electron chi connectivity index (χ3n) is 4.11. The fraction of sp³-hybridized carbons (Fsp3) is 0.467. The van der Waals surface area contributed by atoms with Gasteiger partial charge in [0.15, 0.2) is 0 Å². The second-order valence-electron chi connectivity index (χ2n) is 5.77. The molecule has 0 bridgehead atoms. The molecule has 1 saturated heterocycles. The van der Waals surface area contributed by atoms with Crippen molar-refractivity contribution in [3.63, 3.8) is 0 Å². The number of halogens is 1. The Morgan fingerprint density at radius 1 is 1.45 bits per heavy atom.